The zero-order valence-corrected chi connectivity index (χ0v) is 18.4. The van der Waals surface area contributed by atoms with Crippen molar-refractivity contribution in [1.82, 2.24) is 4.98 Å². The summed E-state index contributed by atoms with van der Waals surface area (Å²) in [5.41, 5.74) is 8.98. The highest BCUT2D eigenvalue weighted by molar-refractivity contribution is 14.0. The standard InChI is InChI=1S/C20H24N4O3.HI/c1-25-16-8-7-14(11-18(16)27-3)24-20(21)22-10-9-13-12-23-15-5-4-6-17(26-2)19(13)15;/h4-8,11-12,23H,9-10H2,1-3H3,(H3,21,22,24);1H. The number of anilines is 1. The Morgan fingerprint density at radius 2 is 1.79 bits per heavy atom. The van der Waals surface area contributed by atoms with Gasteiger partial charge in [-0.15, -0.1) is 24.0 Å². The number of H-pyrrole nitrogens is 1. The van der Waals surface area contributed by atoms with E-state index >= 15 is 0 Å². The SMILES string of the molecule is COc1ccc(NC(N)=NCCc2c[nH]c3cccc(OC)c23)cc1OC.I. The highest BCUT2D eigenvalue weighted by atomic mass is 127. The number of aromatic amines is 1. The molecular weight excluding hydrogens is 471 g/mol. The first-order valence-corrected chi connectivity index (χ1v) is 8.58. The highest BCUT2D eigenvalue weighted by Gasteiger charge is 2.09. The molecule has 0 aliphatic carbocycles. The molecule has 3 aromatic rings. The van der Waals surface area contributed by atoms with Crippen molar-refractivity contribution in [2.24, 2.45) is 10.7 Å². The molecule has 2 aromatic carbocycles. The lowest BCUT2D eigenvalue weighted by molar-refractivity contribution is 0.355. The third-order valence-electron chi connectivity index (χ3n) is 4.29. The van der Waals surface area contributed by atoms with Gasteiger partial charge in [0.15, 0.2) is 17.5 Å². The first kappa shape index (κ1) is 21.7. The van der Waals surface area contributed by atoms with Gasteiger partial charge in [-0.3, -0.25) is 4.99 Å². The van der Waals surface area contributed by atoms with Gasteiger partial charge in [-0.25, -0.2) is 0 Å². The lowest BCUT2D eigenvalue weighted by atomic mass is 10.1. The fourth-order valence-corrected chi connectivity index (χ4v) is 2.99. The highest BCUT2D eigenvalue weighted by Crippen LogP contribution is 2.30. The molecule has 0 radical (unpaired) electrons. The van der Waals surface area contributed by atoms with Gasteiger partial charge in [-0.2, -0.15) is 0 Å². The maximum absolute atomic E-state index is 6.01. The Bertz CT molecular complexity index is 956. The van der Waals surface area contributed by atoms with E-state index in [0.29, 0.717) is 24.0 Å². The molecule has 0 atom stereocenters. The maximum atomic E-state index is 6.01. The topological polar surface area (TPSA) is 93.9 Å². The minimum atomic E-state index is 0. The van der Waals surface area contributed by atoms with Crippen LogP contribution in [-0.2, 0) is 6.42 Å². The normalized spacial score (nSPS) is 11.0. The Labute approximate surface area is 181 Å². The van der Waals surface area contributed by atoms with E-state index in [1.807, 2.05) is 42.6 Å². The number of aliphatic imine (C=N–C) groups is 1. The summed E-state index contributed by atoms with van der Waals surface area (Å²) in [6.45, 7) is 0.553. The molecule has 0 bridgehead atoms. The van der Waals surface area contributed by atoms with E-state index < -0.39 is 0 Å². The molecule has 3 rings (SSSR count). The molecule has 7 nitrogen and oxygen atoms in total. The van der Waals surface area contributed by atoms with Gasteiger partial charge in [-0.1, -0.05) is 6.07 Å². The smallest absolute Gasteiger partial charge is 0.193 e. The van der Waals surface area contributed by atoms with E-state index in [2.05, 4.69) is 15.3 Å². The van der Waals surface area contributed by atoms with Crippen LogP contribution in [0.25, 0.3) is 10.9 Å². The van der Waals surface area contributed by atoms with Crippen LogP contribution in [0.15, 0.2) is 47.6 Å². The van der Waals surface area contributed by atoms with Gasteiger partial charge in [0.05, 0.1) is 21.3 Å². The molecular formula is C20H25IN4O3. The number of nitrogens with two attached hydrogens (primary N) is 1. The zero-order chi connectivity index (χ0) is 19.2. The quantitative estimate of drug-likeness (QED) is 0.263. The summed E-state index contributed by atoms with van der Waals surface area (Å²) in [6.07, 6.45) is 2.73. The average Bonchev–Trinajstić information content (AvgIpc) is 3.11. The zero-order valence-electron chi connectivity index (χ0n) is 16.1. The second-order valence-electron chi connectivity index (χ2n) is 5.91. The van der Waals surface area contributed by atoms with Crippen LogP contribution < -0.4 is 25.3 Å². The van der Waals surface area contributed by atoms with Crippen LogP contribution >= 0.6 is 24.0 Å². The van der Waals surface area contributed by atoms with Crippen LogP contribution in [-0.4, -0.2) is 38.8 Å². The number of ether oxygens (including phenoxy) is 3. The number of aromatic nitrogens is 1. The van der Waals surface area contributed by atoms with Crippen molar-refractivity contribution >= 4 is 46.5 Å². The van der Waals surface area contributed by atoms with Gasteiger partial charge >= 0.3 is 0 Å². The number of halogens is 1. The molecule has 0 fully saturated rings. The average molecular weight is 496 g/mol. The lowest BCUT2D eigenvalue weighted by Crippen LogP contribution is -2.23. The van der Waals surface area contributed by atoms with Crippen LogP contribution in [0.5, 0.6) is 17.2 Å². The molecule has 0 saturated carbocycles. The van der Waals surface area contributed by atoms with Crippen LogP contribution in [0.3, 0.4) is 0 Å². The minimum Gasteiger partial charge on any atom is -0.496 e. The van der Waals surface area contributed by atoms with Gasteiger partial charge in [-0.05, 0) is 36.2 Å². The fraction of sp³-hybridized carbons (Fsp3) is 0.250. The van der Waals surface area contributed by atoms with E-state index in [9.17, 15) is 0 Å². The molecule has 1 heterocycles. The van der Waals surface area contributed by atoms with Gasteiger partial charge in [0.25, 0.3) is 0 Å². The number of fused-ring (bicyclic) bond motifs is 1. The van der Waals surface area contributed by atoms with E-state index in [0.717, 1.165) is 34.3 Å². The summed E-state index contributed by atoms with van der Waals surface area (Å²) >= 11 is 0. The third-order valence-corrected chi connectivity index (χ3v) is 4.29. The summed E-state index contributed by atoms with van der Waals surface area (Å²) < 4.78 is 16.0. The van der Waals surface area contributed by atoms with Gasteiger partial charge in [0.1, 0.15) is 5.75 Å². The number of benzene rings is 2. The van der Waals surface area contributed by atoms with Crippen molar-refractivity contribution in [3.8, 4) is 17.2 Å². The summed E-state index contributed by atoms with van der Waals surface area (Å²) in [6, 6.07) is 11.4. The van der Waals surface area contributed by atoms with E-state index in [4.69, 9.17) is 19.9 Å². The van der Waals surface area contributed by atoms with Crippen molar-refractivity contribution in [3.05, 3.63) is 48.2 Å². The Hall–Kier alpha value is -2.62. The Kier molecular flexibility index (Phi) is 7.80. The molecule has 1 aromatic heterocycles. The minimum absolute atomic E-state index is 0. The lowest BCUT2D eigenvalue weighted by Gasteiger charge is -2.11. The Morgan fingerprint density at radius 3 is 2.50 bits per heavy atom. The van der Waals surface area contributed by atoms with Crippen molar-refractivity contribution in [3.63, 3.8) is 0 Å². The van der Waals surface area contributed by atoms with Crippen molar-refractivity contribution in [2.75, 3.05) is 33.2 Å². The second kappa shape index (κ2) is 10.1. The van der Waals surface area contributed by atoms with Gasteiger partial charge in [0, 0.05) is 35.4 Å². The van der Waals surface area contributed by atoms with Crippen LogP contribution in [0, 0.1) is 0 Å². The van der Waals surface area contributed by atoms with E-state index in [-0.39, 0.29) is 24.0 Å². The van der Waals surface area contributed by atoms with Crippen LogP contribution in [0.2, 0.25) is 0 Å². The number of hydrogen-bond donors (Lipinski definition) is 3. The first-order valence-electron chi connectivity index (χ1n) is 8.58. The number of nitrogens with one attached hydrogen (secondary N) is 2. The largest absolute Gasteiger partial charge is 0.496 e. The number of rotatable bonds is 7. The van der Waals surface area contributed by atoms with Crippen LogP contribution in [0.4, 0.5) is 5.69 Å². The Balaban J connectivity index is 0.00000280. The Morgan fingerprint density at radius 1 is 1.04 bits per heavy atom. The molecule has 0 spiro atoms. The molecule has 0 saturated heterocycles. The van der Waals surface area contributed by atoms with E-state index in [1.54, 1.807) is 21.3 Å². The number of nitrogens with zero attached hydrogens (tertiary/aromatic N) is 1. The summed E-state index contributed by atoms with van der Waals surface area (Å²) in [4.78, 5) is 7.67. The fourth-order valence-electron chi connectivity index (χ4n) is 2.99. The van der Waals surface area contributed by atoms with E-state index in [1.165, 1.54) is 0 Å². The van der Waals surface area contributed by atoms with Gasteiger partial charge < -0.3 is 30.2 Å². The summed E-state index contributed by atoms with van der Waals surface area (Å²) in [7, 11) is 4.86. The number of hydrogen-bond acceptors (Lipinski definition) is 4. The van der Waals surface area contributed by atoms with Crippen molar-refractivity contribution < 1.29 is 14.2 Å². The molecule has 28 heavy (non-hydrogen) atoms. The van der Waals surface area contributed by atoms with Crippen molar-refractivity contribution in [2.45, 2.75) is 6.42 Å². The van der Waals surface area contributed by atoms with Crippen LogP contribution in [0.1, 0.15) is 5.56 Å². The second-order valence-corrected chi connectivity index (χ2v) is 5.91. The third kappa shape index (κ3) is 4.80. The molecule has 0 amide bonds. The van der Waals surface area contributed by atoms with Gasteiger partial charge in [0.2, 0.25) is 0 Å². The predicted octanol–water partition coefficient (Wildman–Crippen LogP) is 3.78. The molecule has 0 aliphatic rings. The summed E-state index contributed by atoms with van der Waals surface area (Å²) in [5.74, 6) is 2.48. The molecule has 0 aliphatic heterocycles. The number of guanidine groups is 1. The monoisotopic (exact) mass is 496 g/mol. The summed E-state index contributed by atoms with van der Waals surface area (Å²) in [5, 5.41) is 4.15. The maximum Gasteiger partial charge on any atom is 0.193 e. The number of methoxy groups -OCH3 is 3. The molecule has 150 valence electrons. The molecule has 4 N–H and O–H groups in total. The predicted molar refractivity (Wildman–Crippen MR) is 124 cm³/mol. The molecule has 8 heteroatoms. The molecule has 0 unspecified atom stereocenters. The van der Waals surface area contributed by atoms with Crippen molar-refractivity contribution in [1.29, 1.82) is 0 Å². The first-order chi connectivity index (χ1) is 13.2.